The van der Waals surface area contributed by atoms with Crippen molar-refractivity contribution in [2.75, 3.05) is 11.1 Å². The second-order valence-electron chi connectivity index (χ2n) is 7.99. The van der Waals surface area contributed by atoms with E-state index in [0.717, 1.165) is 0 Å². The summed E-state index contributed by atoms with van der Waals surface area (Å²) in [5.41, 5.74) is 6.34. The summed E-state index contributed by atoms with van der Waals surface area (Å²) in [6.45, 7) is 8.88. The zero-order chi connectivity index (χ0) is 22.3. The van der Waals surface area contributed by atoms with Crippen molar-refractivity contribution in [2.24, 2.45) is 16.1 Å². The number of alkyl carbamates (subject to hydrolysis) is 1. The minimum Gasteiger partial charge on any atom is -0.444 e. The van der Waals surface area contributed by atoms with Crippen LogP contribution in [-0.4, -0.2) is 28.6 Å². The summed E-state index contributed by atoms with van der Waals surface area (Å²) in [6.07, 6.45) is -0.666. The number of nitrogens with one attached hydrogen (secondary N) is 2. The van der Waals surface area contributed by atoms with Crippen LogP contribution < -0.4 is 16.4 Å². The van der Waals surface area contributed by atoms with E-state index in [1.165, 1.54) is 0 Å². The Morgan fingerprint density at radius 1 is 1.07 bits per heavy atom. The number of nitrogens with zero attached hydrogens (tertiary/aromatic N) is 3. The van der Waals surface area contributed by atoms with Crippen LogP contribution >= 0.6 is 0 Å². The van der Waals surface area contributed by atoms with Gasteiger partial charge in [0.25, 0.3) is 0 Å². The van der Waals surface area contributed by atoms with Gasteiger partial charge in [-0.25, -0.2) is 9.78 Å². The lowest BCUT2D eigenvalue weighted by Gasteiger charge is -2.25. The number of amides is 2. The third-order valence-corrected chi connectivity index (χ3v) is 3.80. The molecule has 0 unspecified atom stereocenters. The minimum absolute atomic E-state index is 0.119. The maximum Gasteiger partial charge on any atom is 0.408 e. The Morgan fingerprint density at radius 3 is 2.30 bits per heavy atom. The number of aromatic nitrogens is 1. The number of benzene rings is 1. The second-order valence-corrected chi connectivity index (χ2v) is 7.99. The maximum absolute atomic E-state index is 12.7. The predicted molar refractivity (Wildman–Crippen MR) is 116 cm³/mol. The van der Waals surface area contributed by atoms with Gasteiger partial charge in [-0.3, -0.25) is 4.79 Å². The first-order valence-electron chi connectivity index (χ1n) is 9.59. The number of rotatable bonds is 6. The van der Waals surface area contributed by atoms with Crippen molar-refractivity contribution < 1.29 is 14.3 Å². The number of nitrogen functional groups attached to an aromatic ring is 1. The number of pyridine rings is 1. The first kappa shape index (κ1) is 22.8. The minimum atomic E-state index is -0.805. The molecule has 2 amide bonds. The molecule has 0 aliphatic heterocycles. The van der Waals surface area contributed by atoms with Gasteiger partial charge < -0.3 is 21.1 Å². The lowest BCUT2D eigenvalue weighted by molar-refractivity contribution is -0.119. The molecule has 0 radical (unpaired) electrons. The molecule has 0 bridgehead atoms. The van der Waals surface area contributed by atoms with Crippen molar-refractivity contribution in [3.63, 3.8) is 0 Å². The summed E-state index contributed by atoms with van der Waals surface area (Å²) in [4.78, 5) is 28.9. The van der Waals surface area contributed by atoms with Crippen LogP contribution in [0.3, 0.4) is 0 Å². The average Bonchev–Trinajstić information content (AvgIpc) is 2.64. The Bertz CT molecular complexity index is 907. The van der Waals surface area contributed by atoms with Gasteiger partial charge in [-0.2, -0.15) is 5.11 Å². The van der Waals surface area contributed by atoms with Crippen molar-refractivity contribution >= 4 is 35.0 Å². The van der Waals surface area contributed by atoms with E-state index in [9.17, 15) is 9.59 Å². The highest BCUT2D eigenvalue weighted by molar-refractivity contribution is 5.96. The number of hydrogen-bond acceptors (Lipinski definition) is 7. The van der Waals surface area contributed by atoms with Crippen LogP contribution in [0.4, 0.5) is 27.8 Å². The Kier molecular flexibility index (Phi) is 7.46. The van der Waals surface area contributed by atoms with Crippen molar-refractivity contribution in [1.29, 1.82) is 0 Å². The molecule has 0 aliphatic rings. The Hall–Kier alpha value is -3.49. The largest absolute Gasteiger partial charge is 0.444 e. The van der Waals surface area contributed by atoms with E-state index in [1.54, 1.807) is 32.9 Å². The first-order chi connectivity index (χ1) is 14.0. The van der Waals surface area contributed by atoms with Crippen LogP contribution in [0.1, 0.15) is 34.6 Å². The van der Waals surface area contributed by atoms with E-state index >= 15 is 0 Å². The van der Waals surface area contributed by atoms with Gasteiger partial charge in [-0.15, -0.1) is 5.11 Å². The van der Waals surface area contributed by atoms with E-state index in [-0.39, 0.29) is 17.6 Å². The van der Waals surface area contributed by atoms with Crippen LogP contribution in [0.25, 0.3) is 0 Å². The Morgan fingerprint density at radius 2 is 1.73 bits per heavy atom. The quantitative estimate of drug-likeness (QED) is 0.598. The second kappa shape index (κ2) is 9.82. The van der Waals surface area contributed by atoms with Crippen LogP contribution in [0.15, 0.2) is 52.7 Å². The number of hydrogen-bond donors (Lipinski definition) is 3. The fraction of sp³-hybridized carbons (Fsp3) is 0.381. The van der Waals surface area contributed by atoms with Gasteiger partial charge in [0.05, 0.1) is 5.69 Å². The smallest absolute Gasteiger partial charge is 0.408 e. The molecule has 0 spiro atoms. The molecule has 1 aromatic heterocycles. The third kappa shape index (κ3) is 7.16. The van der Waals surface area contributed by atoms with Gasteiger partial charge in [-0.05, 0) is 51.0 Å². The summed E-state index contributed by atoms with van der Waals surface area (Å²) in [5.74, 6) is -0.239. The number of ether oxygens (including phenoxy) is 1. The molecular formula is C21H28N6O3. The number of nitrogens with two attached hydrogens (primary N) is 1. The molecular weight excluding hydrogens is 384 g/mol. The predicted octanol–water partition coefficient (Wildman–Crippen LogP) is 4.57. The molecule has 0 saturated heterocycles. The van der Waals surface area contributed by atoms with E-state index in [4.69, 9.17) is 10.5 Å². The molecule has 9 heteroatoms. The molecule has 1 atom stereocenters. The summed E-state index contributed by atoms with van der Waals surface area (Å²) < 4.78 is 5.23. The highest BCUT2D eigenvalue weighted by atomic mass is 16.6. The van der Waals surface area contributed by atoms with Gasteiger partial charge in [0.15, 0.2) is 5.82 Å². The topological polar surface area (TPSA) is 131 Å². The number of azo groups is 1. The molecule has 2 aromatic rings. The molecule has 0 fully saturated rings. The monoisotopic (exact) mass is 412 g/mol. The van der Waals surface area contributed by atoms with E-state index in [0.29, 0.717) is 11.4 Å². The molecule has 9 nitrogen and oxygen atoms in total. The number of carbonyl (C=O) groups excluding carboxylic acids is 2. The van der Waals surface area contributed by atoms with Gasteiger partial charge in [-0.1, -0.05) is 32.0 Å². The van der Waals surface area contributed by atoms with Crippen molar-refractivity contribution in [2.45, 2.75) is 46.3 Å². The summed E-state index contributed by atoms with van der Waals surface area (Å²) in [7, 11) is 0. The Labute approximate surface area is 176 Å². The SMILES string of the molecule is CC(C)[C@H](NC(=O)OC(C)(C)C)C(=O)Nc1ccc(/N=N/c2ccccc2)c(N)n1. The fourth-order valence-corrected chi connectivity index (χ4v) is 2.40. The van der Waals surface area contributed by atoms with Gasteiger partial charge in [0.2, 0.25) is 5.91 Å². The van der Waals surface area contributed by atoms with Crippen LogP contribution in [0.5, 0.6) is 0 Å². The first-order valence-corrected chi connectivity index (χ1v) is 9.59. The van der Waals surface area contributed by atoms with E-state index in [2.05, 4.69) is 25.8 Å². The Balaban J connectivity index is 2.06. The van der Waals surface area contributed by atoms with E-state index in [1.807, 2.05) is 44.2 Å². The maximum atomic E-state index is 12.7. The summed E-state index contributed by atoms with van der Waals surface area (Å²) >= 11 is 0. The van der Waals surface area contributed by atoms with Crippen molar-refractivity contribution in [1.82, 2.24) is 10.3 Å². The van der Waals surface area contributed by atoms with Crippen molar-refractivity contribution in [3.05, 3.63) is 42.5 Å². The molecule has 30 heavy (non-hydrogen) atoms. The van der Waals surface area contributed by atoms with Crippen molar-refractivity contribution in [3.8, 4) is 0 Å². The molecule has 0 aliphatic carbocycles. The lowest BCUT2D eigenvalue weighted by atomic mass is 10.0. The van der Waals surface area contributed by atoms with Gasteiger partial charge in [0.1, 0.15) is 23.1 Å². The fourth-order valence-electron chi connectivity index (χ4n) is 2.40. The summed E-state index contributed by atoms with van der Waals surface area (Å²) in [5, 5.41) is 13.4. The van der Waals surface area contributed by atoms with E-state index < -0.39 is 23.6 Å². The lowest BCUT2D eigenvalue weighted by Crippen LogP contribution is -2.48. The highest BCUT2D eigenvalue weighted by Crippen LogP contribution is 2.24. The average molecular weight is 412 g/mol. The zero-order valence-corrected chi connectivity index (χ0v) is 17.8. The number of carbonyl (C=O) groups is 2. The molecule has 2 rings (SSSR count). The molecule has 160 valence electrons. The van der Waals surface area contributed by atoms with Gasteiger partial charge in [0, 0.05) is 0 Å². The van der Waals surface area contributed by atoms with Gasteiger partial charge >= 0.3 is 6.09 Å². The molecule has 1 heterocycles. The van der Waals surface area contributed by atoms with Crippen LogP contribution in [-0.2, 0) is 9.53 Å². The normalized spacial score (nSPS) is 12.6. The number of anilines is 2. The standard InChI is InChI=1S/C21H28N6O3/c1-13(2)17(25-20(29)30-21(3,4)5)19(28)24-16-12-11-15(18(22)23-16)27-26-14-9-7-6-8-10-14/h6-13,17H,1-5H3,(H,25,29)(H3,22,23,24,28)/b27-26+/t17-/m0/s1. The van der Waals surface area contributed by atoms with Crippen LogP contribution in [0.2, 0.25) is 0 Å². The molecule has 0 saturated carbocycles. The molecule has 1 aromatic carbocycles. The molecule has 4 N–H and O–H groups in total. The summed E-state index contributed by atoms with van der Waals surface area (Å²) in [6, 6.07) is 11.6. The highest BCUT2D eigenvalue weighted by Gasteiger charge is 2.27. The van der Waals surface area contributed by atoms with Crippen LogP contribution in [0, 0.1) is 5.92 Å². The zero-order valence-electron chi connectivity index (χ0n) is 17.8. The third-order valence-electron chi connectivity index (χ3n) is 3.80.